The van der Waals surface area contributed by atoms with Gasteiger partial charge in [-0.05, 0) is 13.8 Å². The van der Waals surface area contributed by atoms with E-state index >= 15 is 0 Å². The average molecular weight is 228 g/mol. The molecular weight excluding hydrogens is 204 g/mol. The summed E-state index contributed by atoms with van der Waals surface area (Å²) < 4.78 is 11.1. The van der Waals surface area contributed by atoms with Gasteiger partial charge in [0.15, 0.2) is 0 Å². The summed E-state index contributed by atoms with van der Waals surface area (Å²) in [6.07, 6.45) is 0. The second-order valence-corrected chi connectivity index (χ2v) is 5.30. The molecule has 0 atom stereocenters. The summed E-state index contributed by atoms with van der Waals surface area (Å²) in [5.74, 6) is 0. The van der Waals surface area contributed by atoms with Crippen LogP contribution >= 0.6 is 0 Å². The minimum absolute atomic E-state index is 0.121. The van der Waals surface area contributed by atoms with Crippen molar-refractivity contribution >= 4 is 0 Å². The van der Waals surface area contributed by atoms with Crippen LogP contribution in [0.25, 0.3) is 0 Å². The molecule has 2 fully saturated rings. The van der Waals surface area contributed by atoms with E-state index < -0.39 is 0 Å². The Morgan fingerprint density at radius 1 is 1.31 bits per heavy atom. The summed E-state index contributed by atoms with van der Waals surface area (Å²) in [6.45, 7) is 11.5. The first-order valence-electron chi connectivity index (χ1n) is 6.24. The molecule has 2 aliphatic rings. The lowest BCUT2D eigenvalue weighted by molar-refractivity contribution is -0.191. The number of hydrogen-bond acceptors (Lipinski definition) is 4. The largest absolute Gasteiger partial charge is 0.383 e. The highest BCUT2D eigenvalue weighted by atomic mass is 16.5. The molecule has 4 heteroatoms. The summed E-state index contributed by atoms with van der Waals surface area (Å²) in [5, 5.41) is 0. The van der Waals surface area contributed by atoms with Gasteiger partial charge in [0.25, 0.3) is 0 Å². The van der Waals surface area contributed by atoms with Gasteiger partial charge in [0.2, 0.25) is 0 Å². The maximum Gasteiger partial charge on any atom is 0.106 e. The van der Waals surface area contributed by atoms with Gasteiger partial charge in [-0.3, -0.25) is 9.80 Å². The number of morpholine rings is 1. The van der Waals surface area contributed by atoms with Crippen LogP contribution in [0, 0.1) is 0 Å². The van der Waals surface area contributed by atoms with Crippen molar-refractivity contribution in [3.63, 3.8) is 0 Å². The molecule has 2 rings (SSSR count). The predicted molar refractivity (Wildman–Crippen MR) is 63.7 cm³/mol. The lowest BCUT2D eigenvalue weighted by atomic mass is 9.90. The highest BCUT2D eigenvalue weighted by Gasteiger charge is 2.47. The topological polar surface area (TPSA) is 24.9 Å². The normalized spacial score (nSPS) is 26.2. The Labute approximate surface area is 98.5 Å². The maximum atomic E-state index is 5.97. The zero-order valence-corrected chi connectivity index (χ0v) is 10.7. The molecule has 16 heavy (non-hydrogen) atoms. The van der Waals surface area contributed by atoms with E-state index in [-0.39, 0.29) is 5.60 Å². The molecule has 94 valence electrons. The molecule has 2 heterocycles. The highest BCUT2D eigenvalue weighted by molar-refractivity contribution is 5.02. The van der Waals surface area contributed by atoms with Gasteiger partial charge in [-0.15, -0.1) is 0 Å². The quantitative estimate of drug-likeness (QED) is 0.696. The van der Waals surface area contributed by atoms with Crippen LogP contribution in [0.5, 0.6) is 0 Å². The van der Waals surface area contributed by atoms with E-state index in [1.165, 1.54) is 0 Å². The number of ether oxygens (including phenoxy) is 2. The van der Waals surface area contributed by atoms with Crippen LogP contribution in [0.3, 0.4) is 0 Å². The van der Waals surface area contributed by atoms with Gasteiger partial charge in [-0.2, -0.15) is 0 Å². The fourth-order valence-corrected chi connectivity index (χ4v) is 2.59. The third kappa shape index (κ3) is 2.56. The first-order valence-corrected chi connectivity index (χ1v) is 6.24. The number of nitrogens with zero attached hydrogens (tertiary/aromatic N) is 2. The van der Waals surface area contributed by atoms with E-state index in [4.69, 9.17) is 9.47 Å². The average Bonchev–Trinajstić information content (AvgIpc) is 2.23. The molecule has 1 spiro atoms. The fraction of sp³-hybridized carbons (Fsp3) is 1.00. The lowest BCUT2D eigenvalue weighted by Crippen LogP contribution is -2.71. The molecule has 4 nitrogen and oxygen atoms in total. The minimum atomic E-state index is 0.121. The SMILES string of the molecule is COCCN1CCOC2(C1)CN(C(C)C)C2. The zero-order chi connectivity index (χ0) is 11.6. The van der Waals surface area contributed by atoms with Crippen molar-refractivity contribution in [1.29, 1.82) is 0 Å². The maximum absolute atomic E-state index is 5.97. The lowest BCUT2D eigenvalue weighted by Gasteiger charge is -2.55. The van der Waals surface area contributed by atoms with Gasteiger partial charge in [0.1, 0.15) is 5.60 Å². The van der Waals surface area contributed by atoms with Crippen molar-refractivity contribution in [3.05, 3.63) is 0 Å². The number of methoxy groups -OCH3 is 1. The molecule has 2 saturated heterocycles. The monoisotopic (exact) mass is 228 g/mol. The van der Waals surface area contributed by atoms with Crippen LogP contribution in [0.15, 0.2) is 0 Å². The smallest absolute Gasteiger partial charge is 0.106 e. The first-order chi connectivity index (χ1) is 7.65. The standard InChI is InChI=1S/C12H24N2O2/c1-11(2)14-9-12(10-14)8-13(4-6-15-3)5-7-16-12/h11H,4-10H2,1-3H3. The molecule has 2 aliphatic heterocycles. The Morgan fingerprint density at radius 2 is 2.06 bits per heavy atom. The van der Waals surface area contributed by atoms with Crippen molar-refractivity contribution < 1.29 is 9.47 Å². The Bertz CT molecular complexity index is 227. The summed E-state index contributed by atoms with van der Waals surface area (Å²) in [7, 11) is 1.76. The van der Waals surface area contributed by atoms with Crippen molar-refractivity contribution in [2.75, 3.05) is 53.0 Å². The first kappa shape index (κ1) is 12.3. The van der Waals surface area contributed by atoms with Crippen molar-refractivity contribution in [2.24, 2.45) is 0 Å². The number of rotatable bonds is 4. The van der Waals surface area contributed by atoms with Crippen LogP contribution in [0.4, 0.5) is 0 Å². The van der Waals surface area contributed by atoms with Crippen LogP contribution in [0.1, 0.15) is 13.8 Å². The molecule has 0 saturated carbocycles. The van der Waals surface area contributed by atoms with E-state index in [0.717, 1.165) is 45.9 Å². The van der Waals surface area contributed by atoms with Gasteiger partial charge in [0.05, 0.1) is 13.2 Å². The summed E-state index contributed by atoms with van der Waals surface area (Å²) >= 11 is 0. The Morgan fingerprint density at radius 3 is 2.69 bits per heavy atom. The minimum Gasteiger partial charge on any atom is -0.383 e. The summed E-state index contributed by atoms with van der Waals surface area (Å²) in [4.78, 5) is 4.94. The molecule has 0 bridgehead atoms. The van der Waals surface area contributed by atoms with Crippen molar-refractivity contribution in [3.8, 4) is 0 Å². The van der Waals surface area contributed by atoms with Gasteiger partial charge in [0, 0.05) is 45.9 Å². The van der Waals surface area contributed by atoms with Gasteiger partial charge < -0.3 is 9.47 Å². The molecule has 0 aromatic carbocycles. The van der Waals surface area contributed by atoms with Gasteiger partial charge >= 0.3 is 0 Å². The zero-order valence-electron chi connectivity index (χ0n) is 10.7. The molecule has 0 amide bonds. The van der Waals surface area contributed by atoms with Crippen LogP contribution < -0.4 is 0 Å². The molecule has 0 aromatic rings. The second-order valence-electron chi connectivity index (χ2n) is 5.30. The van der Waals surface area contributed by atoms with Gasteiger partial charge in [-0.1, -0.05) is 0 Å². The highest BCUT2D eigenvalue weighted by Crippen LogP contribution is 2.30. The molecule has 0 aromatic heterocycles. The Balaban J connectivity index is 1.79. The van der Waals surface area contributed by atoms with Crippen LogP contribution in [-0.4, -0.2) is 74.5 Å². The molecule has 0 aliphatic carbocycles. The van der Waals surface area contributed by atoms with Crippen LogP contribution in [-0.2, 0) is 9.47 Å². The second kappa shape index (κ2) is 5.00. The molecular formula is C12H24N2O2. The molecule has 0 N–H and O–H groups in total. The molecule has 0 radical (unpaired) electrons. The Kier molecular flexibility index (Phi) is 3.85. The summed E-state index contributed by atoms with van der Waals surface area (Å²) in [6, 6.07) is 0.642. The van der Waals surface area contributed by atoms with E-state index in [1.807, 2.05) is 0 Å². The van der Waals surface area contributed by atoms with Crippen molar-refractivity contribution in [1.82, 2.24) is 9.80 Å². The third-order valence-corrected chi connectivity index (χ3v) is 3.65. The summed E-state index contributed by atoms with van der Waals surface area (Å²) in [5.41, 5.74) is 0.121. The van der Waals surface area contributed by atoms with Crippen molar-refractivity contribution in [2.45, 2.75) is 25.5 Å². The molecule has 0 unspecified atom stereocenters. The van der Waals surface area contributed by atoms with E-state index in [1.54, 1.807) is 7.11 Å². The van der Waals surface area contributed by atoms with Gasteiger partial charge in [-0.25, -0.2) is 0 Å². The van der Waals surface area contributed by atoms with E-state index in [2.05, 4.69) is 23.6 Å². The third-order valence-electron chi connectivity index (χ3n) is 3.65. The predicted octanol–water partition coefficient (Wildman–Crippen LogP) is 0.428. The Hall–Kier alpha value is -0.160. The van der Waals surface area contributed by atoms with E-state index in [0.29, 0.717) is 6.04 Å². The fourth-order valence-electron chi connectivity index (χ4n) is 2.59. The van der Waals surface area contributed by atoms with E-state index in [9.17, 15) is 0 Å². The van der Waals surface area contributed by atoms with Crippen LogP contribution in [0.2, 0.25) is 0 Å². The number of likely N-dealkylation sites (tertiary alicyclic amines) is 1. The number of hydrogen-bond donors (Lipinski definition) is 0.